The summed E-state index contributed by atoms with van der Waals surface area (Å²) >= 11 is 0. The van der Waals surface area contributed by atoms with Crippen LogP contribution in [0.1, 0.15) is 39.0 Å². The van der Waals surface area contributed by atoms with Gasteiger partial charge in [0.25, 0.3) is 0 Å². The molecule has 2 unspecified atom stereocenters. The quantitative estimate of drug-likeness (QED) is 0.638. The van der Waals surface area contributed by atoms with E-state index in [9.17, 15) is 4.39 Å². The third-order valence-electron chi connectivity index (χ3n) is 3.48. The molecule has 2 heteroatoms. The Labute approximate surface area is 73.7 Å². The molecule has 0 aromatic heterocycles. The Hall–Kier alpha value is -0.110. The number of nitrogens with one attached hydrogen (secondary N) is 1. The SMILES string of the molecule is CC1(F)CCCNC1C1CCC1. The van der Waals surface area contributed by atoms with E-state index in [0.717, 1.165) is 19.4 Å². The average Bonchev–Trinajstić information content (AvgIpc) is 1.89. The summed E-state index contributed by atoms with van der Waals surface area (Å²) in [5.41, 5.74) is -0.941. The fourth-order valence-electron chi connectivity index (χ4n) is 2.49. The topological polar surface area (TPSA) is 12.0 Å². The first-order valence-electron chi connectivity index (χ1n) is 5.12. The molecule has 2 fully saturated rings. The largest absolute Gasteiger partial charge is 0.311 e. The number of rotatable bonds is 1. The third-order valence-corrected chi connectivity index (χ3v) is 3.48. The highest BCUT2D eigenvalue weighted by Gasteiger charge is 2.42. The summed E-state index contributed by atoms with van der Waals surface area (Å²) in [6.45, 7) is 2.78. The summed E-state index contributed by atoms with van der Waals surface area (Å²) in [4.78, 5) is 0. The van der Waals surface area contributed by atoms with Crippen molar-refractivity contribution in [2.45, 2.75) is 50.7 Å². The molecule has 70 valence electrons. The van der Waals surface area contributed by atoms with E-state index in [4.69, 9.17) is 0 Å². The van der Waals surface area contributed by atoms with Crippen molar-refractivity contribution < 1.29 is 4.39 Å². The molecule has 1 N–H and O–H groups in total. The van der Waals surface area contributed by atoms with Gasteiger partial charge in [0.15, 0.2) is 0 Å². The van der Waals surface area contributed by atoms with E-state index in [-0.39, 0.29) is 6.04 Å². The Bertz CT molecular complexity index is 163. The van der Waals surface area contributed by atoms with E-state index in [1.54, 1.807) is 6.92 Å². The minimum Gasteiger partial charge on any atom is -0.311 e. The molecule has 0 aromatic carbocycles. The highest BCUT2D eigenvalue weighted by atomic mass is 19.1. The lowest BCUT2D eigenvalue weighted by Crippen LogP contribution is -2.55. The summed E-state index contributed by atoms with van der Waals surface area (Å²) < 4.78 is 13.9. The van der Waals surface area contributed by atoms with Crippen molar-refractivity contribution in [1.29, 1.82) is 0 Å². The maximum absolute atomic E-state index is 13.9. The van der Waals surface area contributed by atoms with Crippen LogP contribution >= 0.6 is 0 Å². The van der Waals surface area contributed by atoms with Crippen molar-refractivity contribution in [1.82, 2.24) is 5.32 Å². The van der Waals surface area contributed by atoms with E-state index < -0.39 is 5.67 Å². The van der Waals surface area contributed by atoms with Crippen molar-refractivity contribution in [3.05, 3.63) is 0 Å². The number of hydrogen-bond donors (Lipinski definition) is 1. The van der Waals surface area contributed by atoms with Gasteiger partial charge in [0.05, 0.1) is 0 Å². The van der Waals surface area contributed by atoms with Crippen LogP contribution in [-0.2, 0) is 0 Å². The fourth-order valence-corrected chi connectivity index (χ4v) is 2.49. The van der Waals surface area contributed by atoms with Crippen molar-refractivity contribution in [2.24, 2.45) is 5.92 Å². The second-order valence-electron chi connectivity index (χ2n) is 4.50. The molecular weight excluding hydrogens is 153 g/mol. The number of piperidine rings is 1. The van der Waals surface area contributed by atoms with Gasteiger partial charge in [0.1, 0.15) is 5.67 Å². The molecule has 1 aliphatic heterocycles. The molecule has 2 aliphatic rings. The van der Waals surface area contributed by atoms with Crippen molar-refractivity contribution in [3.63, 3.8) is 0 Å². The van der Waals surface area contributed by atoms with Gasteiger partial charge >= 0.3 is 0 Å². The minimum absolute atomic E-state index is 0.153. The second kappa shape index (κ2) is 2.99. The van der Waals surface area contributed by atoms with Crippen LogP contribution in [0.5, 0.6) is 0 Å². The molecule has 1 saturated heterocycles. The second-order valence-corrected chi connectivity index (χ2v) is 4.50. The first-order chi connectivity index (χ1) is 5.70. The molecule has 1 aliphatic carbocycles. The molecule has 2 atom stereocenters. The smallest absolute Gasteiger partial charge is 0.123 e. The van der Waals surface area contributed by atoms with Gasteiger partial charge in [-0.05, 0) is 45.1 Å². The normalized spacial score (nSPS) is 44.0. The molecule has 0 aromatic rings. The first kappa shape index (κ1) is 8.49. The highest BCUT2D eigenvalue weighted by Crippen LogP contribution is 2.39. The Balaban J connectivity index is 2.00. The monoisotopic (exact) mass is 171 g/mol. The van der Waals surface area contributed by atoms with Crippen LogP contribution in [0.2, 0.25) is 0 Å². The van der Waals surface area contributed by atoms with Gasteiger partial charge in [0, 0.05) is 6.04 Å². The van der Waals surface area contributed by atoms with Crippen LogP contribution in [0, 0.1) is 5.92 Å². The molecule has 1 saturated carbocycles. The van der Waals surface area contributed by atoms with Gasteiger partial charge in [-0.2, -0.15) is 0 Å². The molecule has 12 heavy (non-hydrogen) atoms. The maximum atomic E-state index is 13.9. The predicted molar refractivity (Wildman–Crippen MR) is 47.9 cm³/mol. The van der Waals surface area contributed by atoms with E-state index in [0.29, 0.717) is 5.92 Å². The van der Waals surface area contributed by atoms with Crippen molar-refractivity contribution in [3.8, 4) is 0 Å². The summed E-state index contributed by atoms with van der Waals surface area (Å²) in [6, 6.07) is 0.153. The van der Waals surface area contributed by atoms with Gasteiger partial charge in [-0.25, -0.2) is 4.39 Å². The van der Waals surface area contributed by atoms with E-state index in [1.165, 1.54) is 19.3 Å². The van der Waals surface area contributed by atoms with Crippen LogP contribution < -0.4 is 5.32 Å². The molecule has 0 spiro atoms. The van der Waals surface area contributed by atoms with Crippen molar-refractivity contribution in [2.75, 3.05) is 6.54 Å². The molecule has 0 radical (unpaired) electrons. The molecule has 1 heterocycles. The zero-order chi connectivity index (χ0) is 8.60. The Morgan fingerprint density at radius 3 is 2.58 bits per heavy atom. The third kappa shape index (κ3) is 1.37. The van der Waals surface area contributed by atoms with Crippen LogP contribution in [0.25, 0.3) is 0 Å². The Morgan fingerprint density at radius 1 is 1.33 bits per heavy atom. The van der Waals surface area contributed by atoms with Gasteiger partial charge in [-0.3, -0.25) is 0 Å². The average molecular weight is 171 g/mol. The van der Waals surface area contributed by atoms with Gasteiger partial charge in [-0.1, -0.05) is 6.42 Å². The fraction of sp³-hybridized carbons (Fsp3) is 1.00. The lowest BCUT2D eigenvalue weighted by atomic mass is 9.72. The minimum atomic E-state index is -0.941. The lowest BCUT2D eigenvalue weighted by Gasteiger charge is -2.44. The summed E-state index contributed by atoms with van der Waals surface area (Å²) in [7, 11) is 0. The maximum Gasteiger partial charge on any atom is 0.123 e. The van der Waals surface area contributed by atoms with E-state index in [1.807, 2.05) is 0 Å². The van der Waals surface area contributed by atoms with Crippen LogP contribution in [0.3, 0.4) is 0 Å². The van der Waals surface area contributed by atoms with Gasteiger partial charge in [-0.15, -0.1) is 0 Å². The number of halogens is 1. The molecule has 2 rings (SSSR count). The molecule has 1 nitrogen and oxygen atoms in total. The Kier molecular flexibility index (Phi) is 2.11. The van der Waals surface area contributed by atoms with Crippen LogP contribution in [0.4, 0.5) is 4.39 Å². The zero-order valence-electron chi connectivity index (χ0n) is 7.78. The predicted octanol–water partition coefficient (Wildman–Crippen LogP) is 2.27. The molecule has 0 amide bonds. The van der Waals surface area contributed by atoms with Crippen LogP contribution in [0.15, 0.2) is 0 Å². The van der Waals surface area contributed by atoms with Crippen LogP contribution in [-0.4, -0.2) is 18.3 Å². The van der Waals surface area contributed by atoms with Gasteiger partial charge in [0.2, 0.25) is 0 Å². The molecular formula is C10H18FN. The summed E-state index contributed by atoms with van der Waals surface area (Å²) in [6.07, 6.45) is 5.52. The van der Waals surface area contributed by atoms with Gasteiger partial charge < -0.3 is 5.32 Å². The zero-order valence-corrected chi connectivity index (χ0v) is 7.78. The molecule has 0 bridgehead atoms. The van der Waals surface area contributed by atoms with E-state index in [2.05, 4.69) is 5.32 Å². The number of alkyl halides is 1. The van der Waals surface area contributed by atoms with Crippen molar-refractivity contribution >= 4 is 0 Å². The standard InChI is InChI=1S/C10H18FN/c1-10(11)6-3-7-12-9(10)8-4-2-5-8/h8-9,12H,2-7H2,1H3. The Morgan fingerprint density at radius 2 is 2.08 bits per heavy atom. The van der Waals surface area contributed by atoms with E-state index >= 15 is 0 Å². The lowest BCUT2D eigenvalue weighted by molar-refractivity contribution is 0.0314. The summed E-state index contributed by atoms with van der Waals surface area (Å²) in [5, 5.41) is 3.34. The number of hydrogen-bond acceptors (Lipinski definition) is 1. The first-order valence-corrected chi connectivity index (χ1v) is 5.12. The summed E-state index contributed by atoms with van der Waals surface area (Å²) in [5.74, 6) is 0.625. The highest BCUT2D eigenvalue weighted by molar-refractivity contribution is 4.98.